The maximum absolute atomic E-state index is 12.1. The first-order valence-corrected chi connectivity index (χ1v) is 9.15. The van der Waals surface area contributed by atoms with Crippen LogP contribution in [0.15, 0.2) is 0 Å². The highest BCUT2D eigenvalue weighted by atomic mass is 16.2. The van der Waals surface area contributed by atoms with Gasteiger partial charge in [0.1, 0.15) is 0 Å². The van der Waals surface area contributed by atoms with Crippen LogP contribution in [0.5, 0.6) is 0 Å². The van der Waals surface area contributed by atoms with Crippen molar-refractivity contribution >= 4 is 5.91 Å². The van der Waals surface area contributed by atoms with Crippen molar-refractivity contribution in [1.82, 2.24) is 14.7 Å². The smallest absolute Gasteiger partial charge is 0.225 e. The minimum absolute atomic E-state index is 0.140. The molecule has 2 rings (SSSR count). The second-order valence-electron chi connectivity index (χ2n) is 7.86. The minimum atomic E-state index is 0.140. The Bertz CT molecular complexity index is 361. The average molecular weight is 309 g/mol. The fourth-order valence-electron chi connectivity index (χ4n) is 3.80. The van der Waals surface area contributed by atoms with Crippen LogP contribution in [-0.4, -0.2) is 72.0 Å². The molecule has 4 nitrogen and oxygen atoms in total. The molecule has 2 aliphatic rings. The Morgan fingerprint density at radius 2 is 1.68 bits per heavy atom. The highest BCUT2D eigenvalue weighted by Crippen LogP contribution is 2.22. The van der Waals surface area contributed by atoms with Crippen LogP contribution in [0.25, 0.3) is 0 Å². The second-order valence-corrected chi connectivity index (χ2v) is 7.86. The van der Waals surface area contributed by atoms with Crippen molar-refractivity contribution in [1.29, 1.82) is 0 Å². The highest BCUT2D eigenvalue weighted by Gasteiger charge is 2.29. The summed E-state index contributed by atoms with van der Waals surface area (Å²) >= 11 is 0. The molecule has 0 radical (unpaired) electrons. The molecule has 2 heterocycles. The van der Waals surface area contributed by atoms with Gasteiger partial charge < -0.3 is 4.90 Å². The van der Waals surface area contributed by atoms with Crippen LogP contribution in [0.2, 0.25) is 0 Å². The Hall–Kier alpha value is -0.610. The van der Waals surface area contributed by atoms with E-state index in [1.165, 1.54) is 39.0 Å². The van der Waals surface area contributed by atoms with Crippen molar-refractivity contribution in [2.45, 2.75) is 59.5 Å². The summed E-state index contributed by atoms with van der Waals surface area (Å²) in [6.07, 6.45) is 2.35. The van der Waals surface area contributed by atoms with Crippen molar-refractivity contribution in [2.75, 3.05) is 39.3 Å². The quantitative estimate of drug-likeness (QED) is 0.797. The van der Waals surface area contributed by atoms with E-state index < -0.39 is 0 Å². The maximum atomic E-state index is 12.1. The van der Waals surface area contributed by atoms with Gasteiger partial charge in [0.05, 0.1) is 0 Å². The molecule has 2 aliphatic heterocycles. The number of piperazine rings is 1. The Morgan fingerprint density at radius 3 is 2.18 bits per heavy atom. The summed E-state index contributed by atoms with van der Waals surface area (Å²) in [4.78, 5) is 19.4. The lowest BCUT2D eigenvalue weighted by Gasteiger charge is -2.44. The third-order valence-electron chi connectivity index (χ3n) is 5.44. The molecule has 0 N–H and O–H groups in total. The molecule has 1 atom stereocenters. The third-order valence-corrected chi connectivity index (χ3v) is 5.44. The van der Waals surface area contributed by atoms with Crippen molar-refractivity contribution < 1.29 is 4.79 Å². The summed E-state index contributed by atoms with van der Waals surface area (Å²) in [5, 5.41) is 0. The number of piperidine rings is 1. The Morgan fingerprint density at radius 1 is 1.05 bits per heavy atom. The summed E-state index contributed by atoms with van der Waals surface area (Å²) in [6.45, 7) is 17.7. The van der Waals surface area contributed by atoms with Crippen LogP contribution in [-0.2, 0) is 4.79 Å². The summed E-state index contributed by atoms with van der Waals surface area (Å²) in [5.41, 5.74) is 0. The van der Waals surface area contributed by atoms with Crippen LogP contribution >= 0.6 is 0 Å². The van der Waals surface area contributed by atoms with Gasteiger partial charge in [-0.05, 0) is 39.5 Å². The zero-order valence-electron chi connectivity index (χ0n) is 15.2. The fourth-order valence-corrected chi connectivity index (χ4v) is 3.80. The molecule has 0 unspecified atom stereocenters. The molecule has 0 aromatic rings. The third kappa shape index (κ3) is 4.45. The monoisotopic (exact) mass is 309 g/mol. The first-order chi connectivity index (χ1) is 10.4. The van der Waals surface area contributed by atoms with Gasteiger partial charge in [-0.2, -0.15) is 0 Å². The topological polar surface area (TPSA) is 26.8 Å². The molecule has 0 saturated carbocycles. The van der Waals surface area contributed by atoms with Crippen LogP contribution in [0.3, 0.4) is 0 Å². The lowest BCUT2D eigenvalue weighted by molar-refractivity contribution is -0.136. The predicted molar refractivity (Wildman–Crippen MR) is 91.9 cm³/mol. The predicted octanol–water partition coefficient (Wildman–Crippen LogP) is 2.30. The van der Waals surface area contributed by atoms with Crippen LogP contribution < -0.4 is 0 Å². The van der Waals surface area contributed by atoms with Crippen molar-refractivity contribution in [3.8, 4) is 0 Å². The molecule has 0 bridgehead atoms. The molecule has 4 heteroatoms. The molecular formula is C18H35N3O. The van der Waals surface area contributed by atoms with Gasteiger partial charge >= 0.3 is 0 Å². The Kier molecular flexibility index (Phi) is 6.27. The van der Waals surface area contributed by atoms with Crippen LogP contribution in [0, 0.1) is 11.8 Å². The van der Waals surface area contributed by atoms with Gasteiger partial charge in [-0.15, -0.1) is 0 Å². The minimum Gasteiger partial charge on any atom is -0.342 e. The summed E-state index contributed by atoms with van der Waals surface area (Å²) in [7, 11) is 0. The lowest BCUT2D eigenvalue weighted by Crippen LogP contribution is -2.55. The maximum Gasteiger partial charge on any atom is 0.225 e. The van der Waals surface area contributed by atoms with Gasteiger partial charge in [-0.1, -0.05) is 13.8 Å². The van der Waals surface area contributed by atoms with Crippen LogP contribution in [0.1, 0.15) is 47.5 Å². The molecular weight excluding hydrogens is 274 g/mol. The van der Waals surface area contributed by atoms with Gasteiger partial charge in [0.15, 0.2) is 0 Å². The molecule has 2 saturated heterocycles. The number of carbonyl (C=O) groups excluding carboxylic acids is 1. The summed E-state index contributed by atoms with van der Waals surface area (Å²) in [5.74, 6) is 1.24. The van der Waals surface area contributed by atoms with Crippen molar-refractivity contribution in [2.24, 2.45) is 11.8 Å². The van der Waals surface area contributed by atoms with Gasteiger partial charge in [-0.3, -0.25) is 14.6 Å². The van der Waals surface area contributed by atoms with E-state index in [0.29, 0.717) is 18.0 Å². The molecule has 22 heavy (non-hydrogen) atoms. The number of hydrogen-bond donors (Lipinski definition) is 0. The number of rotatable bonds is 4. The molecule has 1 amide bonds. The number of likely N-dealkylation sites (tertiary alicyclic amines) is 1. The van der Waals surface area contributed by atoms with E-state index in [9.17, 15) is 4.79 Å². The molecule has 0 aliphatic carbocycles. The fraction of sp³-hybridized carbons (Fsp3) is 0.944. The van der Waals surface area contributed by atoms with Crippen LogP contribution in [0.4, 0.5) is 0 Å². The van der Waals surface area contributed by atoms with E-state index in [-0.39, 0.29) is 5.92 Å². The molecule has 0 spiro atoms. The van der Waals surface area contributed by atoms with E-state index in [1.807, 2.05) is 13.8 Å². The SMILES string of the molecule is CC(C)C(=O)N1CCC(CN2CCN(C(C)C)C[C@@H]2C)CC1. The second kappa shape index (κ2) is 7.78. The lowest BCUT2D eigenvalue weighted by atomic mass is 9.94. The Balaban J connectivity index is 1.76. The van der Waals surface area contributed by atoms with E-state index in [0.717, 1.165) is 19.0 Å². The van der Waals surface area contributed by atoms with Gasteiger partial charge in [-0.25, -0.2) is 0 Å². The summed E-state index contributed by atoms with van der Waals surface area (Å²) < 4.78 is 0. The standard InChI is InChI=1S/C18H35N3O/c1-14(2)18(22)19-8-6-17(7-9-19)13-21-11-10-20(15(3)4)12-16(21)5/h14-17H,6-13H2,1-5H3/t16-/m0/s1. The van der Waals surface area contributed by atoms with Crippen molar-refractivity contribution in [3.63, 3.8) is 0 Å². The van der Waals surface area contributed by atoms with E-state index >= 15 is 0 Å². The number of carbonyl (C=O) groups is 1. The molecule has 0 aromatic heterocycles. The zero-order chi connectivity index (χ0) is 16.3. The van der Waals surface area contributed by atoms with Gasteiger partial charge in [0, 0.05) is 57.3 Å². The Labute approximate surface area is 136 Å². The molecule has 0 aromatic carbocycles. The normalized spacial score (nSPS) is 26.1. The van der Waals surface area contributed by atoms with Crippen molar-refractivity contribution in [3.05, 3.63) is 0 Å². The summed E-state index contributed by atoms with van der Waals surface area (Å²) in [6, 6.07) is 1.32. The average Bonchev–Trinajstić information content (AvgIpc) is 2.49. The van der Waals surface area contributed by atoms with E-state index in [2.05, 4.69) is 35.5 Å². The van der Waals surface area contributed by atoms with Gasteiger partial charge in [0.2, 0.25) is 5.91 Å². The molecule has 128 valence electrons. The van der Waals surface area contributed by atoms with Gasteiger partial charge in [0.25, 0.3) is 0 Å². The number of amides is 1. The first-order valence-electron chi connectivity index (χ1n) is 9.15. The van der Waals surface area contributed by atoms with E-state index in [4.69, 9.17) is 0 Å². The first kappa shape index (κ1) is 17.7. The van der Waals surface area contributed by atoms with E-state index in [1.54, 1.807) is 0 Å². The zero-order valence-corrected chi connectivity index (χ0v) is 15.2. The number of hydrogen-bond acceptors (Lipinski definition) is 3. The largest absolute Gasteiger partial charge is 0.342 e. The molecule has 2 fully saturated rings. The highest BCUT2D eigenvalue weighted by molar-refractivity contribution is 5.78. The number of nitrogens with zero attached hydrogens (tertiary/aromatic N) is 3.